The fraction of sp³-hybridized carbons (Fsp3) is 0.560. The van der Waals surface area contributed by atoms with E-state index in [0.29, 0.717) is 6.61 Å². The van der Waals surface area contributed by atoms with Gasteiger partial charge in [-0.3, -0.25) is 4.79 Å². The van der Waals surface area contributed by atoms with Crippen LogP contribution < -0.4 is 0 Å². The van der Waals surface area contributed by atoms with Gasteiger partial charge in [0.05, 0.1) is 6.61 Å². The van der Waals surface area contributed by atoms with Crippen molar-refractivity contribution in [1.82, 2.24) is 0 Å². The molecule has 28 heavy (non-hydrogen) atoms. The van der Waals surface area contributed by atoms with Crippen LogP contribution >= 0.6 is 11.8 Å². The van der Waals surface area contributed by atoms with Gasteiger partial charge in [-0.25, -0.2) is 0 Å². The molecule has 0 fully saturated rings. The van der Waals surface area contributed by atoms with Crippen LogP contribution in [0.2, 0.25) is 0 Å². The molecule has 0 aromatic heterocycles. The maximum absolute atomic E-state index is 11.9. The molecule has 0 aliphatic heterocycles. The Labute approximate surface area is 177 Å². The van der Waals surface area contributed by atoms with Crippen LogP contribution in [0.5, 0.6) is 0 Å². The van der Waals surface area contributed by atoms with Crippen molar-refractivity contribution in [3.8, 4) is 0 Å². The van der Waals surface area contributed by atoms with Gasteiger partial charge in [0.15, 0.2) is 0 Å². The SMILES string of the molecule is CC/C=C\C/C=C\C/C=C\C/C=C\CC/C=C/CC(SCCC)C(=O)OCC. The lowest BCUT2D eigenvalue weighted by Gasteiger charge is -2.12. The number of hydrogen-bond acceptors (Lipinski definition) is 3. The Morgan fingerprint density at radius 3 is 1.86 bits per heavy atom. The number of esters is 1. The molecule has 0 aliphatic rings. The standard InChI is InChI=1S/C25H40O2S/c1-4-7-8-9-10-11-12-13-14-15-16-17-18-19-20-21-22-24(28-23-5-2)25(26)27-6-3/h7-8,10-11,13-14,16-17,20-21,24H,4-6,9,12,15,18-19,22-23H2,1-3H3/b8-7-,11-10-,14-13-,17-16-,21-20+. The molecule has 0 aliphatic carbocycles. The Bertz CT molecular complexity index is 501. The van der Waals surface area contributed by atoms with E-state index in [1.807, 2.05) is 6.92 Å². The Balaban J connectivity index is 3.84. The summed E-state index contributed by atoms with van der Waals surface area (Å²) >= 11 is 1.70. The van der Waals surface area contributed by atoms with Crippen molar-refractivity contribution in [2.45, 2.75) is 77.4 Å². The quantitative estimate of drug-likeness (QED) is 0.142. The molecule has 0 radical (unpaired) electrons. The van der Waals surface area contributed by atoms with Crippen molar-refractivity contribution in [2.24, 2.45) is 0 Å². The molecule has 1 atom stereocenters. The van der Waals surface area contributed by atoms with Gasteiger partial charge in [0.1, 0.15) is 5.25 Å². The van der Waals surface area contributed by atoms with Gasteiger partial charge in [0.2, 0.25) is 0 Å². The van der Waals surface area contributed by atoms with Gasteiger partial charge in [-0.15, -0.1) is 11.8 Å². The Morgan fingerprint density at radius 1 is 0.786 bits per heavy atom. The maximum atomic E-state index is 11.9. The number of carbonyl (C=O) groups excluding carboxylic acids is 1. The molecule has 0 aromatic carbocycles. The third kappa shape index (κ3) is 17.9. The summed E-state index contributed by atoms with van der Waals surface area (Å²) in [5.74, 6) is 0.920. The Kier molecular flexibility index (Phi) is 20.7. The molecule has 0 spiro atoms. The minimum Gasteiger partial charge on any atom is -0.465 e. The molecule has 0 amide bonds. The maximum Gasteiger partial charge on any atom is 0.319 e. The van der Waals surface area contributed by atoms with Gasteiger partial charge in [-0.1, -0.05) is 74.6 Å². The molecular weight excluding hydrogens is 364 g/mol. The summed E-state index contributed by atoms with van der Waals surface area (Å²) in [4.78, 5) is 11.9. The summed E-state index contributed by atoms with van der Waals surface area (Å²) in [6, 6.07) is 0. The van der Waals surface area contributed by atoms with Gasteiger partial charge in [-0.2, -0.15) is 0 Å². The zero-order chi connectivity index (χ0) is 20.7. The molecule has 0 saturated heterocycles. The van der Waals surface area contributed by atoms with E-state index in [1.54, 1.807) is 11.8 Å². The number of allylic oxidation sites excluding steroid dienone is 10. The first-order valence-electron chi connectivity index (χ1n) is 10.8. The van der Waals surface area contributed by atoms with Gasteiger partial charge in [0.25, 0.3) is 0 Å². The van der Waals surface area contributed by atoms with Crippen molar-refractivity contribution in [3.05, 3.63) is 60.8 Å². The Morgan fingerprint density at radius 2 is 1.32 bits per heavy atom. The van der Waals surface area contributed by atoms with Crippen LogP contribution in [0.3, 0.4) is 0 Å². The fourth-order valence-electron chi connectivity index (χ4n) is 2.36. The van der Waals surface area contributed by atoms with Crippen LogP contribution in [0.4, 0.5) is 0 Å². The zero-order valence-corrected chi connectivity index (χ0v) is 19.0. The minimum atomic E-state index is -0.0791. The topological polar surface area (TPSA) is 26.3 Å². The lowest BCUT2D eigenvalue weighted by atomic mass is 10.2. The van der Waals surface area contributed by atoms with Crippen molar-refractivity contribution in [2.75, 3.05) is 12.4 Å². The second-order valence-electron chi connectivity index (χ2n) is 6.40. The van der Waals surface area contributed by atoms with E-state index in [1.165, 1.54) is 0 Å². The molecule has 0 N–H and O–H groups in total. The largest absolute Gasteiger partial charge is 0.465 e. The second-order valence-corrected chi connectivity index (χ2v) is 7.71. The number of rotatable bonds is 17. The van der Waals surface area contributed by atoms with Crippen LogP contribution in [0.25, 0.3) is 0 Å². The smallest absolute Gasteiger partial charge is 0.319 e. The lowest BCUT2D eigenvalue weighted by molar-refractivity contribution is -0.142. The fourth-order valence-corrected chi connectivity index (χ4v) is 3.33. The van der Waals surface area contributed by atoms with Crippen LogP contribution in [0.15, 0.2) is 60.8 Å². The predicted octanol–water partition coefficient (Wildman–Crippen LogP) is 7.59. The highest BCUT2D eigenvalue weighted by Gasteiger charge is 2.17. The van der Waals surface area contributed by atoms with E-state index in [4.69, 9.17) is 4.74 Å². The number of carbonyl (C=O) groups is 1. The molecule has 1 unspecified atom stereocenters. The molecule has 158 valence electrons. The van der Waals surface area contributed by atoms with Crippen LogP contribution in [0, 0.1) is 0 Å². The summed E-state index contributed by atoms with van der Waals surface area (Å²) in [5, 5.41) is -0.0615. The summed E-state index contributed by atoms with van der Waals surface area (Å²) in [7, 11) is 0. The van der Waals surface area contributed by atoms with Gasteiger partial charge in [-0.05, 0) is 64.0 Å². The zero-order valence-electron chi connectivity index (χ0n) is 18.1. The summed E-state index contributed by atoms with van der Waals surface area (Å²) in [6.45, 7) is 6.61. The first-order chi connectivity index (χ1) is 13.8. The highest BCUT2D eigenvalue weighted by atomic mass is 32.2. The molecule has 2 nitrogen and oxygen atoms in total. The lowest BCUT2D eigenvalue weighted by Crippen LogP contribution is -2.20. The summed E-state index contributed by atoms with van der Waals surface area (Å²) in [6.07, 6.45) is 30.1. The predicted molar refractivity (Wildman–Crippen MR) is 127 cm³/mol. The van der Waals surface area contributed by atoms with E-state index < -0.39 is 0 Å². The van der Waals surface area contributed by atoms with Crippen molar-refractivity contribution in [1.29, 1.82) is 0 Å². The van der Waals surface area contributed by atoms with E-state index in [2.05, 4.69) is 74.6 Å². The van der Waals surface area contributed by atoms with E-state index in [9.17, 15) is 4.79 Å². The van der Waals surface area contributed by atoms with Crippen molar-refractivity contribution >= 4 is 17.7 Å². The van der Waals surface area contributed by atoms with Crippen LogP contribution in [-0.2, 0) is 9.53 Å². The third-order valence-electron chi connectivity index (χ3n) is 3.81. The molecule has 0 bridgehead atoms. The second kappa shape index (κ2) is 21.8. The normalized spacial score (nSPS) is 13.7. The third-order valence-corrected chi connectivity index (χ3v) is 5.24. The van der Waals surface area contributed by atoms with Crippen molar-refractivity contribution in [3.63, 3.8) is 0 Å². The molecule has 0 saturated carbocycles. The van der Waals surface area contributed by atoms with Gasteiger partial charge >= 0.3 is 5.97 Å². The average Bonchev–Trinajstić information content (AvgIpc) is 2.70. The van der Waals surface area contributed by atoms with Crippen LogP contribution in [-0.4, -0.2) is 23.6 Å². The van der Waals surface area contributed by atoms with Gasteiger partial charge < -0.3 is 4.74 Å². The summed E-state index contributed by atoms with van der Waals surface area (Å²) < 4.78 is 5.16. The minimum absolute atomic E-state index is 0.0615. The first kappa shape index (κ1) is 26.5. The molecule has 3 heteroatoms. The Hall–Kier alpha value is -1.48. The summed E-state index contributed by atoms with van der Waals surface area (Å²) in [5.41, 5.74) is 0. The van der Waals surface area contributed by atoms with Crippen molar-refractivity contribution < 1.29 is 9.53 Å². The molecular formula is C25H40O2S. The number of ether oxygens (including phenoxy) is 1. The number of thioether (sulfide) groups is 1. The molecule has 0 heterocycles. The average molecular weight is 405 g/mol. The molecule has 0 aromatic rings. The van der Waals surface area contributed by atoms with Gasteiger partial charge in [0, 0.05) is 0 Å². The molecule has 0 rings (SSSR count). The van der Waals surface area contributed by atoms with E-state index in [0.717, 1.165) is 57.1 Å². The first-order valence-corrected chi connectivity index (χ1v) is 11.8. The number of unbranched alkanes of at least 4 members (excludes halogenated alkanes) is 1. The highest BCUT2D eigenvalue weighted by Crippen LogP contribution is 2.18. The van der Waals surface area contributed by atoms with Crippen LogP contribution in [0.1, 0.15) is 72.1 Å². The van der Waals surface area contributed by atoms with E-state index in [-0.39, 0.29) is 11.2 Å². The highest BCUT2D eigenvalue weighted by molar-refractivity contribution is 8.00. The van der Waals surface area contributed by atoms with E-state index >= 15 is 0 Å². The number of hydrogen-bond donors (Lipinski definition) is 0. The monoisotopic (exact) mass is 404 g/mol.